The number of methoxy groups -OCH3 is 1. The maximum absolute atomic E-state index is 11.5. The van der Waals surface area contributed by atoms with Crippen molar-refractivity contribution >= 4 is 5.97 Å². The van der Waals surface area contributed by atoms with Gasteiger partial charge in [-0.05, 0) is 33.4 Å². The van der Waals surface area contributed by atoms with Gasteiger partial charge in [-0.2, -0.15) is 0 Å². The Morgan fingerprint density at radius 3 is 2.67 bits per heavy atom. The van der Waals surface area contributed by atoms with Crippen molar-refractivity contribution in [2.24, 2.45) is 5.41 Å². The van der Waals surface area contributed by atoms with Crippen molar-refractivity contribution in [2.75, 3.05) is 53.0 Å². The van der Waals surface area contributed by atoms with E-state index in [1.807, 2.05) is 13.8 Å². The van der Waals surface area contributed by atoms with Crippen LogP contribution in [0.2, 0.25) is 0 Å². The van der Waals surface area contributed by atoms with E-state index >= 15 is 0 Å². The van der Waals surface area contributed by atoms with Crippen molar-refractivity contribution in [3.63, 3.8) is 0 Å². The number of carbonyl (C=O) groups excluding carboxylic acids is 1. The molecule has 106 valence electrons. The molecule has 1 aliphatic rings. The molecule has 0 unspecified atom stereocenters. The molecule has 18 heavy (non-hydrogen) atoms. The van der Waals surface area contributed by atoms with Crippen LogP contribution in [0, 0.1) is 5.41 Å². The number of rotatable bonds is 7. The molecule has 0 bridgehead atoms. The molecule has 5 nitrogen and oxygen atoms in total. The third kappa shape index (κ3) is 5.33. The van der Waals surface area contributed by atoms with E-state index in [2.05, 4.69) is 10.2 Å². The molecule has 0 saturated carbocycles. The number of carbonyl (C=O) groups is 1. The lowest BCUT2D eigenvalue weighted by atomic mass is 9.94. The highest BCUT2D eigenvalue weighted by Gasteiger charge is 2.27. The fourth-order valence-electron chi connectivity index (χ4n) is 2.00. The summed E-state index contributed by atoms with van der Waals surface area (Å²) in [5.41, 5.74) is -0.451. The second kappa shape index (κ2) is 7.71. The van der Waals surface area contributed by atoms with Crippen LogP contribution in [0.5, 0.6) is 0 Å². The minimum absolute atomic E-state index is 0.164. The van der Waals surface area contributed by atoms with E-state index in [0.717, 1.165) is 45.8 Å². The van der Waals surface area contributed by atoms with Gasteiger partial charge in [-0.15, -0.1) is 0 Å². The molecule has 1 heterocycles. The molecule has 1 fully saturated rings. The Kier molecular flexibility index (Phi) is 6.60. The predicted octanol–water partition coefficient (Wildman–Crippen LogP) is 0.498. The van der Waals surface area contributed by atoms with Crippen LogP contribution in [0.15, 0.2) is 0 Å². The van der Waals surface area contributed by atoms with Gasteiger partial charge in [-0.25, -0.2) is 0 Å². The van der Waals surface area contributed by atoms with Crippen LogP contribution in [0.4, 0.5) is 0 Å². The van der Waals surface area contributed by atoms with Gasteiger partial charge in [0.1, 0.15) is 0 Å². The van der Waals surface area contributed by atoms with E-state index in [1.54, 1.807) is 0 Å². The van der Waals surface area contributed by atoms with Crippen LogP contribution >= 0.6 is 0 Å². The van der Waals surface area contributed by atoms with E-state index in [9.17, 15) is 4.79 Å². The summed E-state index contributed by atoms with van der Waals surface area (Å²) in [4.78, 5) is 13.9. The average molecular weight is 258 g/mol. The third-order valence-corrected chi connectivity index (χ3v) is 3.24. The quantitative estimate of drug-likeness (QED) is 0.532. The zero-order chi connectivity index (χ0) is 13.4. The molecule has 0 aromatic carbocycles. The van der Waals surface area contributed by atoms with Gasteiger partial charge in [0.25, 0.3) is 0 Å². The van der Waals surface area contributed by atoms with Crippen molar-refractivity contribution in [1.82, 2.24) is 10.2 Å². The van der Waals surface area contributed by atoms with Gasteiger partial charge in [0.2, 0.25) is 0 Å². The van der Waals surface area contributed by atoms with E-state index in [0.29, 0.717) is 6.54 Å². The van der Waals surface area contributed by atoms with Crippen molar-refractivity contribution in [3.8, 4) is 0 Å². The highest BCUT2D eigenvalue weighted by Crippen LogP contribution is 2.15. The normalized spacial score (nSPS) is 17.7. The third-order valence-electron chi connectivity index (χ3n) is 3.24. The molecule has 0 aliphatic carbocycles. The second-order valence-electron chi connectivity index (χ2n) is 5.36. The van der Waals surface area contributed by atoms with Gasteiger partial charge in [0, 0.05) is 19.6 Å². The molecule has 0 atom stereocenters. The molecule has 5 heteroatoms. The summed E-state index contributed by atoms with van der Waals surface area (Å²) in [6.45, 7) is 10.2. The zero-order valence-electron chi connectivity index (χ0n) is 11.8. The summed E-state index contributed by atoms with van der Waals surface area (Å²) in [5, 5.41) is 3.32. The molecule has 1 saturated heterocycles. The van der Waals surface area contributed by atoms with Gasteiger partial charge in [0.15, 0.2) is 0 Å². The Morgan fingerprint density at radius 1 is 1.39 bits per heavy atom. The first-order valence-electron chi connectivity index (χ1n) is 6.65. The summed E-state index contributed by atoms with van der Waals surface area (Å²) >= 11 is 0. The first-order valence-corrected chi connectivity index (χ1v) is 6.65. The number of ether oxygens (including phenoxy) is 2. The van der Waals surface area contributed by atoms with Crippen molar-refractivity contribution < 1.29 is 14.3 Å². The summed E-state index contributed by atoms with van der Waals surface area (Å²) in [5.74, 6) is -0.164. The summed E-state index contributed by atoms with van der Waals surface area (Å²) in [6, 6.07) is 0. The standard InChI is InChI=1S/C13H26N2O3/c1-13(2,12(16)17-3)11-14-5-4-6-15-7-9-18-10-8-15/h14H,4-11H2,1-3H3. The van der Waals surface area contributed by atoms with Gasteiger partial charge in [-0.1, -0.05) is 0 Å². The Hall–Kier alpha value is -0.650. The lowest BCUT2D eigenvalue weighted by Gasteiger charge is -2.27. The Morgan fingerprint density at radius 2 is 2.06 bits per heavy atom. The summed E-state index contributed by atoms with van der Waals surface area (Å²) in [7, 11) is 1.43. The molecule has 0 amide bonds. The van der Waals surface area contributed by atoms with Gasteiger partial charge in [0.05, 0.1) is 25.7 Å². The van der Waals surface area contributed by atoms with E-state index in [1.165, 1.54) is 7.11 Å². The van der Waals surface area contributed by atoms with E-state index < -0.39 is 5.41 Å². The lowest BCUT2D eigenvalue weighted by Crippen LogP contribution is -2.40. The fraction of sp³-hybridized carbons (Fsp3) is 0.923. The summed E-state index contributed by atoms with van der Waals surface area (Å²) in [6.07, 6.45) is 1.09. The van der Waals surface area contributed by atoms with Crippen LogP contribution in [0.1, 0.15) is 20.3 Å². The van der Waals surface area contributed by atoms with Crippen LogP contribution in [0.3, 0.4) is 0 Å². The van der Waals surface area contributed by atoms with Crippen molar-refractivity contribution in [3.05, 3.63) is 0 Å². The lowest BCUT2D eigenvalue weighted by molar-refractivity contribution is -0.150. The highest BCUT2D eigenvalue weighted by molar-refractivity contribution is 5.76. The number of nitrogens with one attached hydrogen (secondary N) is 1. The average Bonchev–Trinajstić information content (AvgIpc) is 2.38. The minimum Gasteiger partial charge on any atom is -0.469 e. The number of nitrogens with zero attached hydrogens (tertiary/aromatic N) is 1. The molecule has 0 aromatic rings. The molecule has 0 aromatic heterocycles. The fourth-order valence-corrected chi connectivity index (χ4v) is 2.00. The maximum Gasteiger partial charge on any atom is 0.312 e. The van der Waals surface area contributed by atoms with Crippen LogP contribution in [0.25, 0.3) is 0 Å². The van der Waals surface area contributed by atoms with Crippen molar-refractivity contribution in [2.45, 2.75) is 20.3 Å². The highest BCUT2D eigenvalue weighted by atomic mass is 16.5. The number of morpholine rings is 1. The second-order valence-corrected chi connectivity index (χ2v) is 5.36. The molecule has 1 aliphatic heterocycles. The minimum atomic E-state index is -0.451. The molecule has 1 rings (SSSR count). The SMILES string of the molecule is COC(=O)C(C)(C)CNCCCN1CCOCC1. The maximum atomic E-state index is 11.5. The molecule has 0 radical (unpaired) electrons. The van der Waals surface area contributed by atoms with Gasteiger partial charge >= 0.3 is 5.97 Å². The molecule has 0 spiro atoms. The van der Waals surface area contributed by atoms with Crippen LogP contribution in [-0.2, 0) is 14.3 Å². The Balaban J connectivity index is 2.05. The molecule has 1 N–H and O–H groups in total. The topological polar surface area (TPSA) is 50.8 Å². The van der Waals surface area contributed by atoms with Gasteiger partial charge in [-0.3, -0.25) is 9.69 Å². The van der Waals surface area contributed by atoms with Crippen LogP contribution < -0.4 is 5.32 Å². The predicted molar refractivity (Wildman–Crippen MR) is 70.5 cm³/mol. The first-order chi connectivity index (χ1) is 8.56. The molecular formula is C13H26N2O3. The Bertz CT molecular complexity index is 251. The number of hydrogen-bond donors (Lipinski definition) is 1. The summed E-state index contributed by atoms with van der Waals surface area (Å²) < 4.78 is 10.1. The van der Waals surface area contributed by atoms with E-state index in [4.69, 9.17) is 9.47 Å². The van der Waals surface area contributed by atoms with E-state index in [-0.39, 0.29) is 5.97 Å². The number of hydrogen-bond acceptors (Lipinski definition) is 5. The number of esters is 1. The largest absolute Gasteiger partial charge is 0.469 e. The van der Waals surface area contributed by atoms with Crippen LogP contribution in [-0.4, -0.2) is 63.9 Å². The smallest absolute Gasteiger partial charge is 0.312 e. The molecular weight excluding hydrogens is 232 g/mol. The zero-order valence-corrected chi connectivity index (χ0v) is 11.8. The van der Waals surface area contributed by atoms with Gasteiger partial charge < -0.3 is 14.8 Å². The first kappa shape index (κ1) is 15.4. The monoisotopic (exact) mass is 258 g/mol. The Labute approximate surface area is 110 Å². The van der Waals surface area contributed by atoms with Crippen molar-refractivity contribution in [1.29, 1.82) is 0 Å².